The van der Waals surface area contributed by atoms with Crippen LogP contribution >= 0.6 is 11.8 Å². The summed E-state index contributed by atoms with van der Waals surface area (Å²) in [6, 6.07) is 19.1. The molecule has 3 rings (SSSR count). The van der Waals surface area contributed by atoms with Crippen molar-refractivity contribution in [1.82, 2.24) is 5.32 Å². The number of rotatable bonds is 10. The van der Waals surface area contributed by atoms with Crippen LogP contribution in [0, 0.1) is 13.8 Å². The molecule has 0 aromatic heterocycles. The van der Waals surface area contributed by atoms with Crippen LogP contribution in [0.4, 0.5) is 13.2 Å². The summed E-state index contributed by atoms with van der Waals surface area (Å²) in [5.74, 6) is -0.385. The number of carbonyl (C=O) groups excluding carboxylic acids is 1. The van der Waals surface area contributed by atoms with E-state index in [4.69, 9.17) is 10.2 Å². The first-order valence-corrected chi connectivity index (χ1v) is 14.2. The van der Waals surface area contributed by atoms with Crippen LogP contribution in [0.15, 0.2) is 65.6 Å². The quantitative estimate of drug-likeness (QED) is 0.171. The molecule has 1 amide bonds. The second kappa shape index (κ2) is 13.2. The van der Waals surface area contributed by atoms with Crippen molar-refractivity contribution in [2.24, 2.45) is 0 Å². The molecule has 8 heteroatoms. The van der Waals surface area contributed by atoms with Gasteiger partial charge in [-0.3, -0.25) is 4.79 Å². The molecule has 0 aliphatic carbocycles. The van der Waals surface area contributed by atoms with Crippen molar-refractivity contribution in [2.75, 3.05) is 6.54 Å². The highest BCUT2D eigenvalue weighted by Crippen LogP contribution is 2.43. The Labute approximate surface area is 239 Å². The molecule has 1 unspecified atom stereocenters. The topological polar surface area (TPSA) is 69.6 Å². The first-order valence-electron chi connectivity index (χ1n) is 13.3. The van der Waals surface area contributed by atoms with Crippen LogP contribution < -0.4 is 5.32 Å². The van der Waals surface area contributed by atoms with Gasteiger partial charge in [0.2, 0.25) is 0 Å². The van der Waals surface area contributed by atoms with Crippen LogP contribution in [-0.2, 0) is 5.41 Å². The van der Waals surface area contributed by atoms with Gasteiger partial charge < -0.3 is 15.5 Å². The van der Waals surface area contributed by atoms with E-state index in [0.717, 1.165) is 27.1 Å². The fourth-order valence-electron chi connectivity index (χ4n) is 4.60. The van der Waals surface area contributed by atoms with E-state index in [9.17, 15) is 18.0 Å². The average molecular weight is 574 g/mol. The van der Waals surface area contributed by atoms with E-state index in [-0.39, 0.29) is 30.7 Å². The van der Waals surface area contributed by atoms with Crippen LogP contribution in [0.3, 0.4) is 0 Å². The molecule has 1 atom stereocenters. The number of aliphatic hydroxyl groups excluding tert-OH is 1. The highest BCUT2D eigenvalue weighted by atomic mass is 32.2. The van der Waals surface area contributed by atoms with Gasteiger partial charge in [0.1, 0.15) is 0 Å². The van der Waals surface area contributed by atoms with Gasteiger partial charge in [0.05, 0.1) is 0 Å². The number of aliphatic hydroxyl groups is 2. The summed E-state index contributed by atoms with van der Waals surface area (Å²) < 4.78 is 39.6. The maximum absolute atomic E-state index is 13.2. The van der Waals surface area contributed by atoms with Crippen molar-refractivity contribution in [1.29, 1.82) is 0 Å². The number of carbonyl (C=O) groups is 1. The Hall–Kier alpha value is -2.81. The second-order valence-corrected chi connectivity index (χ2v) is 12.4. The molecule has 0 saturated heterocycles. The minimum atomic E-state index is -4.27. The van der Waals surface area contributed by atoms with Crippen molar-refractivity contribution < 1.29 is 28.2 Å². The van der Waals surface area contributed by atoms with Gasteiger partial charge in [-0.05, 0) is 83.3 Å². The number of halogens is 3. The number of thioether (sulfide) groups is 1. The van der Waals surface area contributed by atoms with Crippen molar-refractivity contribution in [3.05, 3.63) is 88.5 Å². The number of hydrogen-bond acceptors (Lipinski definition) is 4. The predicted molar refractivity (Wildman–Crippen MR) is 156 cm³/mol. The first-order chi connectivity index (χ1) is 18.6. The van der Waals surface area contributed by atoms with Gasteiger partial charge in [-0.15, -0.1) is 11.8 Å². The number of nitrogens with one attached hydrogen (secondary N) is 1. The van der Waals surface area contributed by atoms with Crippen molar-refractivity contribution in [3.63, 3.8) is 0 Å². The summed E-state index contributed by atoms with van der Waals surface area (Å²) in [5, 5.41) is 20.0. The van der Waals surface area contributed by atoms with E-state index in [1.165, 1.54) is 17.3 Å². The highest BCUT2D eigenvalue weighted by Gasteiger charge is 2.29. The molecule has 216 valence electrons. The van der Waals surface area contributed by atoms with E-state index in [0.29, 0.717) is 11.1 Å². The zero-order valence-corrected chi connectivity index (χ0v) is 24.4. The van der Waals surface area contributed by atoms with E-state index < -0.39 is 24.1 Å². The zero-order valence-electron chi connectivity index (χ0n) is 23.6. The van der Waals surface area contributed by atoms with E-state index in [1.807, 2.05) is 26.0 Å². The van der Waals surface area contributed by atoms with Crippen molar-refractivity contribution in [2.45, 2.75) is 81.9 Å². The SMILES string of the molecule is Cc1cc(SC(CCC(F)(F)F)c2ccc(C(=O)NCCC(O)O)cc2)cc(C)c1-c1ccc(C(C)(C)C)cc1. The van der Waals surface area contributed by atoms with E-state index >= 15 is 0 Å². The Morgan fingerprint density at radius 3 is 1.98 bits per heavy atom. The summed E-state index contributed by atoms with van der Waals surface area (Å²) in [7, 11) is 0. The number of aryl methyl sites for hydroxylation is 2. The lowest BCUT2D eigenvalue weighted by atomic mass is 9.85. The van der Waals surface area contributed by atoms with Gasteiger partial charge in [0, 0.05) is 35.1 Å². The van der Waals surface area contributed by atoms with Gasteiger partial charge in [-0.25, -0.2) is 0 Å². The van der Waals surface area contributed by atoms with Gasteiger partial charge in [0.25, 0.3) is 5.91 Å². The average Bonchev–Trinajstić information content (AvgIpc) is 2.85. The molecular formula is C32H38F3NO3S. The fraction of sp³-hybridized carbons (Fsp3) is 0.406. The summed E-state index contributed by atoms with van der Waals surface area (Å²) in [5.41, 5.74) is 6.70. The smallest absolute Gasteiger partial charge is 0.368 e. The Bertz CT molecular complexity index is 1260. The number of amides is 1. The van der Waals surface area contributed by atoms with Crippen molar-refractivity contribution in [3.8, 4) is 11.1 Å². The Balaban J connectivity index is 1.83. The molecule has 0 radical (unpaired) electrons. The molecule has 3 aromatic carbocycles. The van der Waals surface area contributed by atoms with Crippen LogP contribution in [0.1, 0.15) is 77.9 Å². The molecule has 3 aromatic rings. The lowest BCUT2D eigenvalue weighted by Crippen LogP contribution is -2.27. The van der Waals surface area contributed by atoms with E-state index in [2.05, 4.69) is 50.4 Å². The maximum atomic E-state index is 13.2. The molecule has 0 fully saturated rings. The molecule has 40 heavy (non-hydrogen) atoms. The molecule has 0 aliphatic rings. The standard InChI is InChI=1S/C32H38F3NO3S/c1-20-18-26(19-21(2)29(20)23-10-12-25(13-11-23)31(3,4)5)40-27(14-16-32(33,34)35)22-6-8-24(9-7-22)30(39)36-17-15-28(37)38/h6-13,18-19,27-28,37-38H,14-17H2,1-5H3,(H,36,39). The summed E-state index contributed by atoms with van der Waals surface area (Å²) in [6.45, 7) is 10.7. The van der Waals surface area contributed by atoms with Crippen LogP contribution in [-0.4, -0.2) is 35.1 Å². The van der Waals surface area contributed by atoms with Crippen molar-refractivity contribution >= 4 is 17.7 Å². The number of benzene rings is 3. The molecular weight excluding hydrogens is 535 g/mol. The molecule has 0 heterocycles. The van der Waals surface area contributed by atoms with Crippen LogP contribution in [0.5, 0.6) is 0 Å². The van der Waals surface area contributed by atoms with Gasteiger partial charge in [-0.1, -0.05) is 57.2 Å². The van der Waals surface area contributed by atoms with Gasteiger partial charge in [-0.2, -0.15) is 13.2 Å². The largest absolute Gasteiger partial charge is 0.389 e. The minimum absolute atomic E-state index is 0.000168. The highest BCUT2D eigenvalue weighted by molar-refractivity contribution is 7.99. The molecule has 0 spiro atoms. The Kier molecular flexibility index (Phi) is 10.5. The molecule has 0 bridgehead atoms. The predicted octanol–water partition coefficient (Wildman–Crippen LogP) is 7.87. The molecule has 3 N–H and O–H groups in total. The van der Waals surface area contributed by atoms with Crippen LogP contribution in [0.2, 0.25) is 0 Å². The molecule has 4 nitrogen and oxygen atoms in total. The van der Waals surface area contributed by atoms with Crippen LogP contribution in [0.25, 0.3) is 11.1 Å². The lowest BCUT2D eigenvalue weighted by Gasteiger charge is -2.21. The van der Waals surface area contributed by atoms with Gasteiger partial charge >= 0.3 is 6.18 Å². The monoisotopic (exact) mass is 573 g/mol. The number of hydrogen-bond donors (Lipinski definition) is 3. The van der Waals surface area contributed by atoms with Gasteiger partial charge in [0.15, 0.2) is 6.29 Å². The maximum Gasteiger partial charge on any atom is 0.389 e. The molecule has 0 saturated carbocycles. The molecule has 0 aliphatic heterocycles. The third-order valence-electron chi connectivity index (χ3n) is 6.75. The number of alkyl halides is 3. The summed E-state index contributed by atoms with van der Waals surface area (Å²) in [6.07, 6.45) is -6.79. The third kappa shape index (κ3) is 9.11. The lowest BCUT2D eigenvalue weighted by molar-refractivity contribution is -0.135. The minimum Gasteiger partial charge on any atom is -0.368 e. The second-order valence-electron chi connectivity index (χ2n) is 11.2. The summed E-state index contributed by atoms with van der Waals surface area (Å²) >= 11 is 1.40. The fourth-order valence-corrected chi connectivity index (χ4v) is 5.95. The first kappa shape index (κ1) is 31.7. The Morgan fingerprint density at radius 1 is 0.900 bits per heavy atom. The normalized spacial score (nSPS) is 13.0. The third-order valence-corrected chi connectivity index (χ3v) is 8.05. The summed E-state index contributed by atoms with van der Waals surface area (Å²) in [4.78, 5) is 13.2. The Morgan fingerprint density at radius 2 is 1.48 bits per heavy atom. The van der Waals surface area contributed by atoms with E-state index in [1.54, 1.807) is 24.3 Å². The zero-order chi connectivity index (χ0) is 29.7.